The summed E-state index contributed by atoms with van der Waals surface area (Å²) in [5.74, 6) is 0.0900. The molecule has 0 aromatic rings. The Morgan fingerprint density at radius 3 is 1.58 bits per heavy atom. The molecule has 0 spiro atoms. The Labute approximate surface area is 212 Å². The molecule has 178 valence electrons. The molecular weight excluding hydrogens is 429 g/mol. The molecule has 0 aliphatic heterocycles. The van der Waals surface area contributed by atoms with Gasteiger partial charge < -0.3 is 9.87 Å². The summed E-state index contributed by atoms with van der Waals surface area (Å²) >= 11 is 0. The molecule has 0 unspecified atom stereocenters. The molecular formula is C22H42NNaO6S. The van der Waals surface area contributed by atoms with Gasteiger partial charge in [0.1, 0.15) is 5.78 Å². The Morgan fingerprint density at radius 1 is 0.742 bits per heavy atom. The van der Waals surface area contributed by atoms with Crippen molar-refractivity contribution < 1.29 is 56.3 Å². The van der Waals surface area contributed by atoms with E-state index in [0.29, 0.717) is 18.7 Å². The summed E-state index contributed by atoms with van der Waals surface area (Å²) in [6.07, 6.45) is 18.3. The second kappa shape index (κ2) is 23.2. The molecule has 1 amide bonds. The third kappa shape index (κ3) is 28.0. The molecule has 0 aromatic carbocycles. The van der Waals surface area contributed by atoms with Crippen molar-refractivity contribution in [3.63, 3.8) is 0 Å². The number of nitrogens with one attached hydrogen (secondary N) is 1. The second-order valence-electron chi connectivity index (χ2n) is 7.92. The van der Waals surface area contributed by atoms with E-state index in [1.165, 1.54) is 64.2 Å². The molecule has 0 aliphatic rings. The minimum atomic E-state index is -4.71. The van der Waals surface area contributed by atoms with Crippen LogP contribution >= 0.6 is 0 Å². The van der Waals surface area contributed by atoms with Gasteiger partial charge in [0.05, 0.1) is 13.0 Å². The van der Waals surface area contributed by atoms with E-state index in [-0.39, 0.29) is 41.9 Å². The smallest absolute Gasteiger partial charge is 0.726 e. The first-order chi connectivity index (χ1) is 14.3. The quantitative estimate of drug-likeness (QED) is 0.112. The first-order valence-corrected chi connectivity index (χ1v) is 13.1. The van der Waals surface area contributed by atoms with E-state index < -0.39 is 17.0 Å². The van der Waals surface area contributed by atoms with E-state index in [4.69, 9.17) is 0 Å². The van der Waals surface area contributed by atoms with Crippen LogP contribution in [-0.2, 0) is 24.2 Å². The van der Waals surface area contributed by atoms with E-state index in [0.717, 1.165) is 32.1 Å². The van der Waals surface area contributed by atoms with Gasteiger partial charge in [-0.2, -0.15) is 0 Å². The first-order valence-electron chi connectivity index (χ1n) is 11.7. The largest absolute Gasteiger partial charge is 1.00 e. The zero-order valence-electron chi connectivity index (χ0n) is 19.8. The summed E-state index contributed by atoms with van der Waals surface area (Å²) in [5.41, 5.74) is 0. The molecule has 0 aromatic heterocycles. The van der Waals surface area contributed by atoms with Crippen LogP contribution in [0, 0.1) is 0 Å². The van der Waals surface area contributed by atoms with Crippen molar-refractivity contribution in [2.75, 3.05) is 13.2 Å². The van der Waals surface area contributed by atoms with E-state index in [9.17, 15) is 22.6 Å². The Morgan fingerprint density at radius 2 is 1.16 bits per heavy atom. The predicted octanol–water partition coefficient (Wildman–Crippen LogP) is 1.80. The molecule has 0 fully saturated rings. The molecule has 0 bridgehead atoms. The average molecular weight is 472 g/mol. The third-order valence-electron chi connectivity index (χ3n) is 5.16. The van der Waals surface area contributed by atoms with E-state index in [1.54, 1.807) is 0 Å². The molecule has 31 heavy (non-hydrogen) atoms. The fourth-order valence-electron chi connectivity index (χ4n) is 3.30. The number of rotatable bonds is 22. The van der Waals surface area contributed by atoms with Crippen molar-refractivity contribution in [2.45, 2.75) is 116 Å². The van der Waals surface area contributed by atoms with Gasteiger partial charge in [-0.3, -0.25) is 13.8 Å². The van der Waals surface area contributed by atoms with Gasteiger partial charge in [0.15, 0.2) is 0 Å². The second-order valence-corrected chi connectivity index (χ2v) is 8.97. The number of Topliss-reactive ketones (excluding diaryl/α,β-unsaturated/α-hetero) is 1. The van der Waals surface area contributed by atoms with E-state index in [2.05, 4.69) is 9.50 Å². The maximum absolute atomic E-state index is 11.4. The van der Waals surface area contributed by atoms with Gasteiger partial charge >= 0.3 is 29.6 Å². The predicted molar refractivity (Wildman–Crippen MR) is 118 cm³/mol. The number of unbranched alkanes of at least 4 members (excludes halogenated alkanes) is 13. The Hall–Kier alpha value is 0.01000. The van der Waals surface area contributed by atoms with Crippen LogP contribution in [0.25, 0.3) is 0 Å². The molecule has 9 heteroatoms. The molecule has 0 atom stereocenters. The van der Waals surface area contributed by atoms with Crippen molar-refractivity contribution in [3.8, 4) is 0 Å². The van der Waals surface area contributed by atoms with Gasteiger partial charge in [-0.25, -0.2) is 8.42 Å². The number of amides is 1. The Kier molecular flexibility index (Phi) is 24.8. The zero-order valence-corrected chi connectivity index (χ0v) is 22.6. The minimum absolute atomic E-state index is 0. The molecule has 0 radical (unpaired) electrons. The van der Waals surface area contributed by atoms with Crippen LogP contribution in [0.15, 0.2) is 0 Å². The van der Waals surface area contributed by atoms with Crippen molar-refractivity contribution in [1.82, 2.24) is 5.32 Å². The molecule has 0 aliphatic carbocycles. The Balaban J connectivity index is 0. The molecule has 1 N–H and O–H groups in total. The molecule has 0 heterocycles. The fourth-order valence-corrected chi connectivity index (χ4v) is 3.59. The van der Waals surface area contributed by atoms with Gasteiger partial charge in [-0.15, -0.1) is 0 Å². The van der Waals surface area contributed by atoms with Crippen LogP contribution in [0.2, 0.25) is 0 Å². The molecule has 0 saturated carbocycles. The normalized spacial score (nSPS) is 11.2. The minimum Gasteiger partial charge on any atom is -0.726 e. The number of hydrogen-bond acceptors (Lipinski definition) is 6. The standard InChI is InChI=1S/C22H43NO6S.Na/c1-2-21(24)17-15-13-11-9-7-5-3-4-6-8-10-12-14-16-19-23-22(25)18-20-29-30(26,27)28;/h2-20H2,1H3,(H,23,25)(H,26,27,28);/q;+1/p-1. The van der Waals surface area contributed by atoms with E-state index in [1.807, 2.05) is 6.92 Å². The summed E-state index contributed by atoms with van der Waals surface area (Å²) < 4.78 is 34.7. The summed E-state index contributed by atoms with van der Waals surface area (Å²) in [6.45, 7) is 2.10. The first kappa shape index (κ1) is 33.2. The van der Waals surface area contributed by atoms with Gasteiger partial charge in [0, 0.05) is 19.4 Å². The van der Waals surface area contributed by atoms with Crippen LogP contribution in [0.5, 0.6) is 0 Å². The summed E-state index contributed by atoms with van der Waals surface area (Å²) in [4.78, 5) is 22.6. The third-order valence-corrected chi connectivity index (χ3v) is 5.61. The summed E-state index contributed by atoms with van der Waals surface area (Å²) in [5, 5.41) is 2.69. The van der Waals surface area contributed by atoms with Crippen LogP contribution in [-0.4, -0.2) is 37.8 Å². The van der Waals surface area contributed by atoms with Crippen LogP contribution in [0.1, 0.15) is 116 Å². The number of carbonyl (C=O) groups is 2. The average Bonchev–Trinajstić information content (AvgIpc) is 2.69. The Bertz CT molecular complexity index is 542. The van der Waals surface area contributed by atoms with Crippen molar-refractivity contribution in [3.05, 3.63) is 0 Å². The maximum atomic E-state index is 11.4. The fraction of sp³-hybridized carbons (Fsp3) is 0.909. The summed E-state index contributed by atoms with van der Waals surface area (Å²) in [6, 6.07) is 0. The van der Waals surface area contributed by atoms with Gasteiger partial charge in [0.25, 0.3) is 0 Å². The molecule has 7 nitrogen and oxygen atoms in total. The van der Waals surface area contributed by atoms with E-state index >= 15 is 0 Å². The summed E-state index contributed by atoms with van der Waals surface area (Å²) in [7, 11) is -4.71. The molecule has 0 saturated heterocycles. The van der Waals surface area contributed by atoms with Crippen molar-refractivity contribution in [2.24, 2.45) is 0 Å². The van der Waals surface area contributed by atoms with Crippen LogP contribution in [0.4, 0.5) is 0 Å². The van der Waals surface area contributed by atoms with Crippen molar-refractivity contribution >= 4 is 22.1 Å². The van der Waals surface area contributed by atoms with Gasteiger partial charge in [-0.1, -0.05) is 84.0 Å². The topological polar surface area (TPSA) is 113 Å². The van der Waals surface area contributed by atoms with Gasteiger partial charge in [0.2, 0.25) is 16.3 Å². The SMILES string of the molecule is CCC(=O)CCCCCCCCCCCCCCCCNC(=O)CCOS(=O)(=O)[O-].[Na+]. The van der Waals surface area contributed by atoms with Crippen LogP contribution < -0.4 is 34.9 Å². The number of ketones is 1. The molecule has 0 rings (SSSR count). The zero-order chi connectivity index (χ0) is 22.5. The maximum Gasteiger partial charge on any atom is 1.00 e. The van der Waals surface area contributed by atoms with Crippen molar-refractivity contribution in [1.29, 1.82) is 0 Å². The number of hydrogen-bond donors (Lipinski definition) is 1. The monoisotopic (exact) mass is 471 g/mol. The van der Waals surface area contributed by atoms with Crippen LogP contribution in [0.3, 0.4) is 0 Å². The van der Waals surface area contributed by atoms with Gasteiger partial charge in [-0.05, 0) is 12.8 Å². The number of carbonyl (C=O) groups excluding carboxylic acids is 2.